The lowest BCUT2D eigenvalue weighted by molar-refractivity contribution is 0.0957. The van der Waals surface area contributed by atoms with Crippen LogP contribution < -0.4 is 15.8 Å². The summed E-state index contributed by atoms with van der Waals surface area (Å²) in [5.74, 6) is -1.05. The zero-order chi connectivity index (χ0) is 13.8. The molecular weight excluding hydrogens is 251 g/mol. The molecule has 0 unspecified atom stereocenters. The number of nitrogens with two attached hydrogens (primary N) is 1. The average Bonchev–Trinajstić information content (AvgIpc) is 2.43. The molecule has 0 spiro atoms. The lowest BCUT2D eigenvalue weighted by Gasteiger charge is -2.07. The van der Waals surface area contributed by atoms with Gasteiger partial charge in [-0.05, 0) is 18.2 Å². The van der Waals surface area contributed by atoms with Crippen molar-refractivity contribution >= 4 is 11.6 Å². The van der Waals surface area contributed by atoms with E-state index in [1.807, 2.05) is 0 Å². The maximum atomic E-state index is 13.5. The first-order chi connectivity index (χ1) is 9.11. The fraction of sp³-hybridized carbons (Fsp3) is 0.0833. The second-order valence-corrected chi connectivity index (χ2v) is 3.60. The number of benzene rings is 1. The molecule has 1 aromatic heterocycles. The Morgan fingerprint density at radius 1 is 1.32 bits per heavy atom. The number of ether oxygens (including phenoxy) is 1. The van der Waals surface area contributed by atoms with Gasteiger partial charge in [-0.25, -0.2) is 4.39 Å². The van der Waals surface area contributed by atoms with Crippen molar-refractivity contribution in [2.45, 2.75) is 0 Å². The van der Waals surface area contributed by atoms with E-state index < -0.39 is 5.82 Å². The maximum absolute atomic E-state index is 13.5. The van der Waals surface area contributed by atoms with Crippen molar-refractivity contribution in [3.8, 4) is 11.6 Å². The third-order valence-electron chi connectivity index (χ3n) is 2.30. The lowest BCUT2D eigenvalue weighted by atomic mass is 10.3. The fourth-order valence-corrected chi connectivity index (χ4v) is 1.36. The van der Waals surface area contributed by atoms with Crippen molar-refractivity contribution in [1.82, 2.24) is 15.5 Å². The molecule has 0 aliphatic rings. The number of nitrogens with zero attached hydrogens (tertiary/aromatic N) is 2. The Hall–Kier alpha value is -2.70. The summed E-state index contributed by atoms with van der Waals surface area (Å²) in [5.41, 5.74) is 5.88. The third-order valence-corrected chi connectivity index (χ3v) is 2.30. The monoisotopic (exact) mass is 262 g/mol. The van der Waals surface area contributed by atoms with Crippen LogP contribution in [0.3, 0.4) is 0 Å². The third kappa shape index (κ3) is 2.76. The van der Waals surface area contributed by atoms with E-state index in [9.17, 15) is 9.18 Å². The van der Waals surface area contributed by atoms with Gasteiger partial charge in [0, 0.05) is 13.1 Å². The molecule has 98 valence electrons. The first-order valence-electron chi connectivity index (χ1n) is 5.39. The van der Waals surface area contributed by atoms with Gasteiger partial charge in [0.15, 0.2) is 17.3 Å². The highest BCUT2D eigenvalue weighted by atomic mass is 19.1. The Kier molecular flexibility index (Phi) is 3.56. The lowest BCUT2D eigenvalue weighted by Crippen LogP contribution is -2.19. The van der Waals surface area contributed by atoms with Crippen LogP contribution in [0.25, 0.3) is 0 Å². The molecular formula is C12H11FN4O2. The first-order valence-corrected chi connectivity index (χ1v) is 5.39. The quantitative estimate of drug-likeness (QED) is 0.815. The number of rotatable bonds is 3. The van der Waals surface area contributed by atoms with Crippen molar-refractivity contribution in [2.24, 2.45) is 0 Å². The van der Waals surface area contributed by atoms with Gasteiger partial charge in [0.05, 0.1) is 5.69 Å². The number of para-hydroxylation sites is 1. The van der Waals surface area contributed by atoms with Crippen LogP contribution in [0.15, 0.2) is 30.3 Å². The molecule has 0 radical (unpaired) electrons. The SMILES string of the molecule is CNC(=O)c1ccc(Oc2c(N)cccc2F)nn1. The van der Waals surface area contributed by atoms with E-state index in [0.29, 0.717) is 0 Å². The number of hydrogen-bond acceptors (Lipinski definition) is 5. The topological polar surface area (TPSA) is 90.1 Å². The standard InChI is InChI=1S/C12H11FN4O2/c1-15-12(18)9-5-6-10(17-16-9)19-11-7(13)3-2-4-8(11)14/h2-6H,14H2,1H3,(H,15,18). The number of carbonyl (C=O) groups is 1. The van der Waals surface area contributed by atoms with Gasteiger partial charge in [-0.2, -0.15) is 0 Å². The van der Waals surface area contributed by atoms with Crippen LogP contribution in [0, 0.1) is 5.82 Å². The number of anilines is 1. The van der Waals surface area contributed by atoms with Gasteiger partial charge >= 0.3 is 0 Å². The van der Waals surface area contributed by atoms with E-state index in [-0.39, 0.29) is 28.9 Å². The van der Waals surface area contributed by atoms with Crippen LogP contribution in [-0.2, 0) is 0 Å². The molecule has 0 aliphatic carbocycles. The number of nitrogen functional groups attached to an aromatic ring is 1. The summed E-state index contributed by atoms with van der Waals surface area (Å²) in [4.78, 5) is 11.3. The minimum Gasteiger partial charge on any atom is -0.432 e. The summed E-state index contributed by atoms with van der Waals surface area (Å²) in [5, 5.41) is 9.73. The highest BCUT2D eigenvalue weighted by molar-refractivity contribution is 5.91. The van der Waals surface area contributed by atoms with Gasteiger partial charge in [0.1, 0.15) is 0 Å². The van der Waals surface area contributed by atoms with E-state index in [2.05, 4.69) is 15.5 Å². The number of aromatic nitrogens is 2. The second kappa shape index (κ2) is 5.30. The second-order valence-electron chi connectivity index (χ2n) is 3.60. The highest BCUT2D eigenvalue weighted by Crippen LogP contribution is 2.28. The zero-order valence-electron chi connectivity index (χ0n) is 10.1. The molecule has 1 heterocycles. The van der Waals surface area contributed by atoms with Crippen LogP contribution in [-0.4, -0.2) is 23.2 Å². The molecule has 7 heteroatoms. The van der Waals surface area contributed by atoms with Crippen LogP contribution >= 0.6 is 0 Å². The molecule has 0 bridgehead atoms. The van der Waals surface area contributed by atoms with Crippen molar-refractivity contribution in [3.63, 3.8) is 0 Å². The van der Waals surface area contributed by atoms with Crippen molar-refractivity contribution in [3.05, 3.63) is 41.8 Å². The number of nitrogens with one attached hydrogen (secondary N) is 1. The summed E-state index contributed by atoms with van der Waals surface area (Å²) in [6.07, 6.45) is 0. The molecule has 1 aromatic carbocycles. The molecule has 0 fully saturated rings. The molecule has 0 saturated heterocycles. The number of carbonyl (C=O) groups excluding carboxylic acids is 1. The summed E-state index contributed by atoms with van der Waals surface area (Å²) in [6.45, 7) is 0. The highest BCUT2D eigenvalue weighted by Gasteiger charge is 2.11. The fourth-order valence-electron chi connectivity index (χ4n) is 1.36. The Bertz CT molecular complexity index is 581. The Morgan fingerprint density at radius 3 is 2.68 bits per heavy atom. The molecule has 2 aromatic rings. The predicted octanol–water partition coefficient (Wildman–Crippen LogP) is 1.35. The van der Waals surface area contributed by atoms with Crippen LogP contribution in [0.5, 0.6) is 11.6 Å². The first kappa shape index (κ1) is 12.7. The smallest absolute Gasteiger partial charge is 0.271 e. The van der Waals surface area contributed by atoms with E-state index in [0.717, 1.165) is 0 Å². The van der Waals surface area contributed by atoms with E-state index >= 15 is 0 Å². The molecule has 0 saturated carbocycles. The Balaban J connectivity index is 2.22. The molecule has 19 heavy (non-hydrogen) atoms. The molecule has 0 atom stereocenters. The van der Waals surface area contributed by atoms with Gasteiger partial charge in [0.2, 0.25) is 5.88 Å². The minimum atomic E-state index is -0.600. The molecule has 6 nitrogen and oxygen atoms in total. The summed E-state index contributed by atoms with van der Waals surface area (Å²) in [7, 11) is 1.48. The van der Waals surface area contributed by atoms with Crippen LogP contribution in [0.1, 0.15) is 10.5 Å². The summed E-state index contributed by atoms with van der Waals surface area (Å²) in [6, 6.07) is 7.02. The zero-order valence-corrected chi connectivity index (χ0v) is 10.1. The van der Waals surface area contributed by atoms with Gasteiger partial charge < -0.3 is 15.8 Å². The largest absolute Gasteiger partial charge is 0.432 e. The Morgan fingerprint density at radius 2 is 2.11 bits per heavy atom. The molecule has 0 aliphatic heterocycles. The van der Waals surface area contributed by atoms with E-state index in [1.54, 1.807) is 0 Å². The number of amides is 1. The van der Waals surface area contributed by atoms with Crippen LogP contribution in [0.2, 0.25) is 0 Å². The predicted molar refractivity (Wildman–Crippen MR) is 66.3 cm³/mol. The summed E-state index contributed by atoms with van der Waals surface area (Å²) >= 11 is 0. The maximum Gasteiger partial charge on any atom is 0.271 e. The van der Waals surface area contributed by atoms with Crippen LogP contribution in [0.4, 0.5) is 10.1 Å². The van der Waals surface area contributed by atoms with Gasteiger partial charge in [-0.15, -0.1) is 10.2 Å². The van der Waals surface area contributed by atoms with E-state index in [4.69, 9.17) is 10.5 Å². The number of hydrogen-bond donors (Lipinski definition) is 2. The molecule has 2 rings (SSSR count). The minimum absolute atomic E-state index is 0.0458. The molecule has 1 amide bonds. The van der Waals surface area contributed by atoms with Crippen molar-refractivity contribution in [1.29, 1.82) is 0 Å². The summed E-state index contributed by atoms with van der Waals surface area (Å²) < 4.78 is 18.7. The van der Waals surface area contributed by atoms with Gasteiger partial charge in [0.25, 0.3) is 5.91 Å². The number of halogens is 1. The van der Waals surface area contributed by atoms with Gasteiger partial charge in [-0.3, -0.25) is 4.79 Å². The average molecular weight is 262 g/mol. The Labute approximate surface area is 108 Å². The van der Waals surface area contributed by atoms with Gasteiger partial charge in [-0.1, -0.05) is 6.07 Å². The normalized spacial score (nSPS) is 10.0. The van der Waals surface area contributed by atoms with Crippen molar-refractivity contribution < 1.29 is 13.9 Å². The van der Waals surface area contributed by atoms with Crippen molar-refractivity contribution in [2.75, 3.05) is 12.8 Å². The molecule has 3 N–H and O–H groups in total. The van der Waals surface area contributed by atoms with E-state index in [1.165, 1.54) is 37.4 Å².